The minimum Gasteiger partial charge on any atom is -0.352 e. The third kappa shape index (κ3) is 4.27. The summed E-state index contributed by atoms with van der Waals surface area (Å²) in [7, 11) is 0. The Morgan fingerprint density at radius 3 is 2.42 bits per heavy atom. The van der Waals surface area contributed by atoms with Crippen LogP contribution in [0.25, 0.3) is 0 Å². The van der Waals surface area contributed by atoms with E-state index in [0.717, 1.165) is 11.3 Å². The van der Waals surface area contributed by atoms with Crippen LogP contribution in [0, 0.1) is 19.8 Å². The summed E-state index contributed by atoms with van der Waals surface area (Å²) in [5.74, 6) is 0.411. The molecule has 1 unspecified atom stereocenters. The van der Waals surface area contributed by atoms with Crippen molar-refractivity contribution in [2.45, 2.75) is 40.2 Å². The molecule has 1 aromatic heterocycles. The average molecular weight is 267 g/mol. The normalized spacial score (nSPS) is 12.3. The Bertz CT molecular complexity index is 467. The molecule has 0 saturated carbocycles. The molecule has 1 aromatic rings. The number of rotatable bonds is 5. The van der Waals surface area contributed by atoms with Gasteiger partial charge in [0.15, 0.2) is 5.82 Å². The molecule has 0 aromatic carbocycles. The first kappa shape index (κ1) is 15.0. The van der Waals surface area contributed by atoms with E-state index in [1.165, 1.54) is 0 Å². The van der Waals surface area contributed by atoms with E-state index in [-0.39, 0.29) is 11.8 Å². The number of urea groups is 1. The van der Waals surface area contributed by atoms with Crippen LogP contribution in [0.15, 0.2) is 0 Å². The predicted octanol–water partition coefficient (Wildman–Crippen LogP) is 1.05. The first-order valence-electron chi connectivity index (χ1n) is 6.19. The maximum atomic E-state index is 12.1. The number of hydrogen-bond acceptors (Lipinski definition) is 3. The van der Waals surface area contributed by atoms with Gasteiger partial charge in [-0.3, -0.25) is 9.89 Å². The van der Waals surface area contributed by atoms with Crippen molar-refractivity contribution in [1.29, 1.82) is 0 Å². The van der Waals surface area contributed by atoms with Crippen molar-refractivity contribution >= 4 is 17.8 Å². The Balaban J connectivity index is 2.76. The summed E-state index contributed by atoms with van der Waals surface area (Å²) in [6.45, 7) is 7.65. The van der Waals surface area contributed by atoms with Gasteiger partial charge >= 0.3 is 6.03 Å². The molecule has 0 radical (unpaired) electrons. The molecule has 0 spiro atoms. The van der Waals surface area contributed by atoms with E-state index < -0.39 is 12.1 Å². The van der Waals surface area contributed by atoms with Gasteiger partial charge in [-0.15, -0.1) is 0 Å². The second-order valence-electron chi connectivity index (χ2n) is 5.00. The van der Waals surface area contributed by atoms with Crippen molar-refractivity contribution in [2.75, 3.05) is 5.32 Å². The Labute approximate surface area is 112 Å². The van der Waals surface area contributed by atoms with Crippen molar-refractivity contribution in [3.8, 4) is 0 Å². The fraction of sp³-hybridized carbons (Fsp3) is 0.583. The molecule has 1 rings (SSSR count). The van der Waals surface area contributed by atoms with Gasteiger partial charge in [-0.25, -0.2) is 4.79 Å². The van der Waals surface area contributed by atoms with Crippen LogP contribution in [-0.4, -0.2) is 28.2 Å². The molecule has 5 N–H and O–H groups in total. The van der Waals surface area contributed by atoms with Crippen molar-refractivity contribution in [2.24, 2.45) is 11.7 Å². The summed E-state index contributed by atoms with van der Waals surface area (Å²) in [6, 6.07) is -1.37. The highest BCUT2D eigenvalue weighted by Gasteiger charge is 2.22. The number of nitrogens with one attached hydrogen (secondary N) is 3. The molecule has 19 heavy (non-hydrogen) atoms. The molecular formula is C12H21N5O2. The van der Waals surface area contributed by atoms with Gasteiger partial charge in [0.1, 0.15) is 6.04 Å². The fourth-order valence-corrected chi connectivity index (χ4v) is 1.69. The molecule has 1 heterocycles. The zero-order valence-electron chi connectivity index (χ0n) is 11.7. The number of aryl methyl sites for hydroxylation is 1. The molecule has 3 amide bonds. The number of hydrogen-bond donors (Lipinski definition) is 4. The van der Waals surface area contributed by atoms with Crippen molar-refractivity contribution in [3.63, 3.8) is 0 Å². The standard InChI is InChI=1S/C12H21N5O2/c1-6(2)5-9(14-12(13)19)11(18)15-10-7(3)8(4)16-17-10/h6,9H,5H2,1-4H3,(H3,13,14,19)(H2,15,16,17,18). The zero-order valence-corrected chi connectivity index (χ0v) is 11.7. The monoisotopic (exact) mass is 267 g/mol. The second kappa shape index (κ2) is 6.21. The quantitative estimate of drug-likeness (QED) is 0.639. The number of aromatic amines is 1. The molecule has 0 aliphatic rings. The number of aromatic nitrogens is 2. The molecule has 0 aliphatic carbocycles. The van der Waals surface area contributed by atoms with Gasteiger partial charge in [-0.05, 0) is 26.2 Å². The summed E-state index contributed by atoms with van der Waals surface area (Å²) in [4.78, 5) is 23.0. The average Bonchev–Trinajstić information content (AvgIpc) is 2.59. The number of amides is 3. The maximum Gasteiger partial charge on any atom is 0.312 e. The van der Waals surface area contributed by atoms with E-state index in [9.17, 15) is 9.59 Å². The van der Waals surface area contributed by atoms with Gasteiger partial charge in [0.05, 0.1) is 0 Å². The van der Waals surface area contributed by atoms with Gasteiger partial charge in [0, 0.05) is 11.3 Å². The van der Waals surface area contributed by atoms with Gasteiger partial charge in [-0.2, -0.15) is 5.10 Å². The molecule has 0 bridgehead atoms. The molecule has 7 nitrogen and oxygen atoms in total. The minimum absolute atomic E-state index is 0.254. The Kier molecular flexibility index (Phi) is 4.91. The van der Waals surface area contributed by atoms with E-state index in [4.69, 9.17) is 5.73 Å². The predicted molar refractivity (Wildman–Crippen MR) is 72.7 cm³/mol. The number of carbonyl (C=O) groups excluding carboxylic acids is 2. The lowest BCUT2D eigenvalue weighted by Gasteiger charge is -2.18. The summed E-state index contributed by atoms with van der Waals surface area (Å²) < 4.78 is 0. The van der Waals surface area contributed by atoms with Crippen LogP contribution < -0.4 is 16.4 Å². The van der Waals surface area contributed by atoms with Crippen molar-refractivity contribution < 1.29 is 9.59 Å². The van der Waals surface area contributed by atoms with E-state index in [1.54, 1.807) is 0 Å². The zero-order chi connectivity index (χ0) is 14.6. The third-order valence-corrected chi connectivity index (χ3v) is 2.83. The van der Waals surface area contributed by atoms with E-state index in [0.29, 0.717) is 12.2 Å². The first-order chi connectivity index (χ1) is 8.81. The molecular weight excluding hydrogens is 246 g/mol. The fourth-order valence-electron chi connectivity index (χ4n) is 1.69. The number of anilines is 1. The summed E-state index contributed by atoms with van der Waals surface area (Å²) in [6.07, 6.45) is 0.511. The van der Waals surface area contributed by atoms with E-state index in [2.05, 4.69) is 20.8 Å². The van der Waals surface area contributed by atoms with Crippen LogP contribution in [0.2, 0.25) is 0 Å². The molecule has 106 valence electrons. The number of H-pyrrole nitrogens is 1. The van der Waals surface area contributed by atoms with Crippen LogP contribution in [0.1, 0.15) is 31.5 Å². The summed E-state index contributed by atoms with van der Waals surface area (Å²) >= 11 is 0. The lowest BCUT2D eigenvalue weighted by molar-refractivity contribution is -0.118. The molecule has 0 fully saturated rings. The Morgan fingerprint density at radius 2 is 2.00 bits per heavy atom. The van der Waals surface area contributed by atoms with Crippen LogP contribution in [-0.2, 0) is 4.79 Å². The van der Waals surface area contributed by atoms with E-state index >= 15 is 0 Å². The summed E-state index contributed by atoms with van der Waals surface area (Å²) in [5, 5.41) is 11.9. The summed E-state index contributed by atoms with van der Waals surface area (Å²) in [5.41, 5.74) is 6.84. The SMILES string of the molecule is Cc1[nH]nc(NC(=O)C(CC(C)C)NC(N)=O)c1C. The Morgan fingerprint density at radius 1 is 1.37 bits per heavy atom. The highest BCUT2D eigenvalue weighted by Crippen LogP contribution is 2.15. The first-order valence-corrected chi connectivity index (χ1v) is 6.19. The number of carbonyl (C=O) groups is 2. The number of primary amides is 1. The molecule has 1 atom stereocenters. The number of nitrogens with zero attached hydrogens (tertiary/aromatic N) is 1. The van der Waals surface area contributed by atoms with Gasteiger partial charge in [0.25, 0.3) is 0 Å². The van der Waals surface area contributed by atoms with Crippen molar-refractivity contribution in [1.82, 2.24) is 15.5 Å². The van der Waals surface area contributed by atoms with Gasteiger partial charge in [0.2, 0.25) is 5.91 Å². The lowest BCUT2D eigenvalue weighted by Crippen LogP contribution is -2.46. The molecule has 0 aliphatic heterocycles. The Hall–Kier alpha value is -2.05. The largest absolute Gasteiger partial charge is 0.352 e. The highest BCUT2D eigenvalue weighted by atomic mass is 16.2. The topological polar surface area (TPSA) is 113 Å². The van der Waals surface area contributed by atoms with Crippen LogP contribution in [0.5, 0.6) is 0 Å². The maximum absolute atomic E-state index is 12.1. The minimum atomic E-state index is -0.712. The van der Waals surface area contributed by atoms with Crippen LogP contribution in [0.4, 0.5) is 10.6 Å². The van der Waals surface area contributed by atoms with Crippen LogP contribution in [0.3, 0.4) is 0 Å². The van der Waals surface area contributed by atoms with Crippen LogP contribution >= 0.6 is 0 Å². The number of nitrogens with two attached hydrogens (primary N) is 1. The smallest absolute Gasteiger partial charge is 0.312 e. The van der Waals surface area contributed by atoms with Gasteiger partial charge in [-0.1, -0.05) is 13.8 Å². The van der Waals surface area contributed by atoms with Crippen molar-refractivity contribution in [3.05, 3.63) is 11.3 Å². The lowest BCUT2D eigenvalue weighted by atomic mass is 10.0. The highest BCUT2D eigenvalue weighted by molar-refractivity contribution is 5.96. The molecule has 0 saturated heterocycles. The third-order valence-electron chi connectivity index (χ3n) is 2.83. The van der Waals surface area contributed by atoms with E-state index in [1.807, 2.05) is 27.7 Å². The molecule has 7 heteroatoms. The van der Waals surface area contributed by atoms with Gasteiger partial charge < -0.3 is 16.4 Å². The second-order valence-corrected chi connectivity index (χ2v) is 5.00.